The number of aliphatic hydroxyl groups is 3. The molecule has 2 rings (SSSR count). The van der Waals surface area contributed by atoms with Crippen molar-refractivity contribution in [2.24, 2.45) is 0 Å². The number of nitrogens with one attached hydrogen (secondary N) is 1. The average molecular weight is 643 g/mol. The van der Waals surface area contributed by atoms with Crippen molar-refractivity contribution in [1.29, 1.82) is 0 Å². The Balaban J connectivity index is 0. The van der Waals surface area contributed by atoms with Crippen LogP contribution in [0.1, 0.15) is 11.8 Å². The molecule has 0 radical (unpaired) electrons. The monoisotopic (exact) mass is 642 g/mol. The smallest absolute Gasteiger partial charge is 0.394 e. The topological polar surface area (TPSA) is 358 Å². The maximum absolute atomic E-state index is 11.8. The van der Waals surface area contributed by atoms with Gasteiger partial charge in [0.15, 0.2) is 6.23 Å². The lowest BCUT2D eigenvalue weighted by Crippen LogP contribution is -2.38. The summed E-state index contributed by atoms with van der Waals surface area (Å²) in [6.45, 7) is -0.499. The van der Waals surface area contributed by atoms with Crippen molar-refractivity contribution < 1.29 is 77.8 Å². The molecule has 0 aromatic carbocycles. The number of aromatic nitrogens is 2. The number of hydrogen-bond donors (Lipinski definition) is 13. The molecule has 1 aromatic heterocycles. The van der Waals surface area contributed by atoms with Crippen molar-refractivity contribution in [3.63, 3.8) is 0 Å². The largest absolute Gasteiger partial charge is 0.466 e. The van der Waals surface area contributed by atoms with Crippen LogP contribution in [0.3, 0.4) is 0 Å². The lowest BCUT2D eigenvalue weighted by molar-refractivity contribution is -0.0550. The van der Waals surface area contributed by atoms with Crippen molar-refractivity contribution in [3.05, 3.63) is 37.6 Å². The van der Waals surface area contributed by atoms with E-state index in [1.807, 2.05) is 0 Å². The van der Waals surface area contributed by atoms with Crippen molar-refractivity contribution in [2.45, 2.75) is 24.5 Å². The lowest BCUT2D eigenvalue weighted by atomic mass is 10.1. The van der Waals surface area contributed by atoms with Crippen molar-refractivity contribution in [2.75, 3.05) is 6.61 Å². The zero-order chi connectivity index (χ0) is 28.4. The van der Waals surface area contributed by atoms with E-state index in [9.17, 15) is 19.8 Å². The molecule has 1 aliphatic heterocycles. The predicted molar refractivity (Wildman–Crippen MR) is 115 cm³/mol. The Morgan fingerprint density at radius 2 is 1.31 bits per heavy atom. The van der Waals surface area contributed by atoms with Gasteiger partial charge in [0.05, 0.1) is 12.2 Å². The molecule has 0 aliphatic carbocycles. The van der Waals surface area contributed by atoms with E-state index in [0.717, 1.165) is 4.57 Å². The molecule has 20 nitrogen and oxygen atoms in total. The normalized spacial score (nSPS) is 22.3. The minimum atomic E-state index is -4.64. The highest BCUT2D eigenvalue weighted by atomic mass is 79.9. The summed E-state index contributed by atoms with van der Waals surface area (Å²) in [5.41, 5.74) is -1.20. The summed E-state index contributed by atoms with van der Waals surface area (Å²) < 4.78 is 32.8. The summed E-state index contributed by atoms with van der Waals surface area (Å²) in [7, 11) is -13.9. The molecule has 35 heavy (non-hydrogen) atoms. The van der Waals surface area contributed by atoms with Crippen LogP contribution in [0.25, 0.3) is 6.08 Å². The van der Waals surface area contributed by atoms with Gasteiger partial charge in [-0.2, -0.15) is 0 Å². The van der Waals surface area contributed by atoms with Crippen molar-refractivity contribution >= 4 is 45.5 Å². The van der Waals surface area contributed by atoms with Crippen LogP contribution in [0, 0.1) is 0 Å². The maximum Gasteiger partial charge on any atom is 0.466 e. The summed E-state index contributed by atoms with van der Waals surface area (Å²) in [4.78, 5) is 91.5. The highest BCUT2D eigenvalue weighted by molar-refractivity contribution is 9.11. The molecule has 0 unspecified atom stereocenters. The van der Waals surface area contributed by atoms with Crippen LogP contribution in [0.2, 0.25) is 0 Å². The molecule has 1 aliphatic rings. The van der Waals surface area contributed by atoms with E-state index in [1.54, 1.807) is 0 Å². The first kappa shape index (κ1) is 36.2. The molecule has 24 heteroatoms. The zero-order valence-electron chi connectivity index (χ0n) is 16.7. The fourth-order valence-electron chi connectivity index (χ4n) is 1.99. The molecular formula is C11H22BrN2O18P3. The minimum Gasteiger partial charge on any atom is -0.394 e. The van der Waals surface area contributed by atoms with Crippen LogP contribution in [0.5, 0.6) is 0 Å². The van der Waals surface area contributed by atoms with Gasteiger partial charge in [-0.05, 0) is 11.1 Å². The number of aromatic amines is 1. The van der Waals surface area contributed by atoms with Gasteiger partial charge in [-0.15, -0.1) is 0 Å². The molecule has 0 bridgehead atoms. The van der Waals surface area contributed by atoms with E-state index in [4.69, 9.17) is 67.6 Å². The van der Waals surface area contributed by atoms with E-state index in [1.165, 1.54) is 17.3 Å². The van der Waals surface area contributed by atoms with E-state index < -0.39 is 65.9 Å². The Kier molecular flexibility index (Phi) is 15.9. The number of halogens is 1. The molecule has 1 saturated heterocycles. The highest BCUT2D eigenvalue weighted by Crippen LogP contribution is 2.28. The Morgan fingerprint density at radius 3 is 1.63 bits per heavy atom. The number of H-pyrrole nitrogens is 1. The number of ether oxygens (including phenoxy) is 1. The third kappa shape index (κ3) is 19.9. The molecule has 13 N–H and O–H groups in total. The number of aliphatic hydroxyl groups excluding tert-OH is 3. The summed E-state index contributed by atoms with van der Waals surface area (Å²) >= 11 is 3.01. The Labute approximate surface area is 201 Å². The van der Waals surface area contributed by atoms with E-state index in [0.29, 0.717) is 0 Å². The van der Waals surface area contributed by atoms with Crippen molar-refractivity contribution in [1.82, 2.24) is 9.55 Å². The molecule has 0 spiro atoms. The first-order valence-corrected chi connectivity index (χ1v) is 13.7. The minimum absolute atomic E-state index is 0.166. The van der Waals surface area contributed by atoms with Crippen LogP contribution < -0.4 is 11.2 Å². The number of nitrogens with zero attached hydrogens (tertiary/aromatic N) is 1. The fourth-order valence-corrected chi connectivity index (χ4v) is 2.27. The van der Waals surface area contributed by atoms with E-state index in [-0.39, 0.29) is 5.56 Å². The van der Waals surface area contributed by atoms with Gasteiger partial charge in [-0.25, -0.2) is 18.5 Å². The van der Waals surface area contributed by atoms with Crippen LogP contribution in [0.4, 0.5) is 0 Å². The van der Waals surface area contributed by atoms with E-state index >= 15 is 0 Å². The first-order chi connectivity index (χ1) is 15.5. The second-order valence-corrected chi connectivity index (χ2v) is 9.42. The Bertz CT molecular complexity index is 998. The second kappa shape index (κ2) is 15.4. The summed E-state index contributed by atoms with van der Waals surface area (Å²) in [5.74, 6) is 0. The van der Waals surface area contributed by atoms with E-state index in [2.05, 4.69) is 20.9 Å². The number of phosphoric acid groups is 3. The van der Waals surface area contributed by atoms with Gasteiger partial charge in [-0.3, -0.25) is 14.3 Å². The third-order valence-corrected chi connectivity index (χ3v) is 3.29. The molecule has 4 atom stereocenters. The molecule has 2 heterocycles. The average Bonchev–Trinajstić information content (AvgIpc) is 2.88. The van der Waals surface area contributed by atoms with Gasteiger partial charge < -0.3 is 64.1 Å². The molecule has 0 saturated carbocycles. The van der Waals surface area contributed by atoms with Crippen LogP contribution in [0.15, 0.2) is 20.8 Å². The highest BCUT2D eigenvalue weighted by Gasteiger charge is 2.43. The summed E-state index contributed by atoms with van der Waals surface area (Å²) in [6.07, 6.45) is -2.27. The Morgan fingerprint density at radius 1 is 0.914 bits per heavy atom. The number of hydrogen-bond acceptors (Lipinski definition) is 9. The summed E-state index contributed by atoms with van der Waals surface area (Å²) in [5, 5.41) is 28.5. The maximum atomic E-state index is 11.8. The van der Waals surface area contributed by atoms with Crippen LogP contribution >= 0.6 is 39.4 Å². The van der Waals surface area contributed by atoms with Crippen molar-refractivity contribution in [3.8, 4) is 0 Å². The first-order valence-electron chi connectivity index (χ1n) is 8.09. The standard InChI is InChI=1S/C11H13BrN2O6.3H3O4P/c12-2-1-5-3-14(11(19)13-9(5)18)10-8(17)7(16)6(4-15)20-10;3*1-5(2,3)4/h1-3,6-8,10,15-17H,4H2,(H,13,18,19);3*(H3,1,2,3,4)/b2-1+;;;/t6-,7-,8-,10-;;;/m1.../s1. The molecule has 1 aromatic rings. The Hall–Kier alpha value is -0.930. The quantitative estimate of drug-likeness (QED) is 0.139. The van der Waals surface area contributed by atoms with Gasteiger partial charge in [0.25, 0.3) is 5.56 Å². The molecular weight excluding hydrogens is 621 g/mol. The molecule has 1 fully saturated rings. The number of rotatable bonds is 3. The van der Waals surface area contributed by atoms with Gasteiger partial charge in [-0.1, -0.05) is 15.9 Å². The third-order valence-electron chi connectivity index (χ3n) is 3.03. The summed E-state index contributed by atoms with van der Waals surface area (Å²) in [6, 6.07) is 0. The van der Waals surface area contributed by atoms with Crippen LogP contribution in [-0.2, 0) is 18.4 Å². The zero-order valence-corrected chi connectivity index (χ0v) is 21.0. The molecule has 0 amide bonds. The molecule has 206 valence electrons. The predicted octanol–water partition coefficient (Wildman–Crippen LogP) is -4.27. The lowest BCUT2D eigenvalue weighted by Gasteiger charge is -2.17. The SMILES string of the molecule is O=P(O)(O)O.O=P(O)(O)O.O=P(O)(O)O.O=c1[nH]c(=O)n([C@@H]2O[C@H](CO)[C@@H](O)[C@H]2O)cc1/C=C/Br. The van der Waals surface area contributed by atoms with Gasteiger partial charge in [0.2, 0.25) is 0 Å². The van der Waals surface area contributed by atoms with Gasteiger partial charge >= 0.3 is 29.2 Å². The fraction of sp³-hybridized carbons (Fsp3) is 0.455. The van der Waals surface area contributed by atoms with Gasteiger partial charge in [0.1, 0.15) is 18.3 Å². The van der Waals surface area contributed by atoms with Gasteiger partial charge in [0, 0.05) is 6.20 Å². The second-order valence-electron chi connectivity index (χ2n) is 5.81. The van der Waals surface area contributed by atoms with Crippen LogP contribution in [-0.4, -0.2) is 93.8 Å².